The maximum atomic E-state index is 12.4. The standard InChI is InChI=1S/C20H28O4/c1-11(7-6-10-20(4,5)24)14-9-8-12(2)15-16(14)17(21)13(3)18(22)19(15)23/h6,10-12,14,21,24H,7-9H2,1-5H3/b10-6+/t11-,12-,14+/m0/s1. The van der Waals surface area contributed by atoms with Crippen LogP contribution >= 0.6 is 0 Å². The van der Waals surface area contributed by atoms with Crippen molar-refractivity contribution in [2.24, 2.45) is 17.8 Å². The zero-order valence-electron chi connectivity index (χ0n) is 15.2. The number of aliphatic hydroxyl groups is 2. The molecule has 0 saturated carbocycles. The van der Waals surface area contributed by atoms with Crippen LogP contribution in [0.5, 0.6) is 0 Å². The molecular weight excluding hydrogens is 304 g/mol. The van der Waals surface area contributed by atoms with E-state index >= 15 is 0 Å². The van der Waals surface area contributed by atoms with E-state index in [9.17, 15) is 19.8 Å². The van der Waals surface area contributed by atoms with Crippen LogP contribution in [-0.4, -0.2) is 27.4 Å². The third kappa shape index (κ3) is 3.54. The Balaban J connectivity index is 2.35. The molecule has 0 heterocycles. The first-order valence-electron chi connectivity index (χ1n) is 8.68. The topological polar surface area (TPSA) is 74.6 Å². The minimum atomic E-state index is -0.850. The summed E-state index contributed by atoms with van der Waals surface area (Å²) < 4.78 is 0. The molecule has 0 aromatic heterocycles. The van der Waals surface area contributed by atoms with Gasteiger partial charge in [-0.25, -0.2) is 0 Å². The van der Waals surface area contributed by atoms with Gasteiger partial charge in [0, 0.05) is 16.7 Å². The fourth-order valence-electron chi connectivity index (χ4n) is 3.74. The van der Waals surface area contributed by atoms with E-state index < -0.39 is 17.2 Å². The number of aliphatic hydroxyl groups excluding tert-OH is 1. The molecule has 0 amide bonds. The summed E-state index contributed by atoms with van der Waals surface area (Å²) in [5.41, 5.74) is 0.506. The summed E-state index contributed by atoms with van der Waals surface area (Å²) in [6, 6.07) is 0. The van der Waals surface area contributed by atoms with E-state index in [1.807, 2.05) is 13.0 Å². The predicted octanol–water partition coefficient (Wildman–Crippen LogP) is 3.67. The fourth-order valence-corrected chi connectivity index (χ4v) is 3.74. The number of rotatable bonds is 4. The molecule has 2 N–H and O–H groups in total. The quantitative estimate of drug-likeness (QED) is 0.468. The third-order valence-corrected chi connectivity index (χ3v) is 5.19. The molecule has 0 aromatic rings. The number of ketones is 2. The number of hydrogen-bond donors (Lipinski definition) is 2. The van der Waals surface area contributed by atoms with Crippen molar-refractivity contribution in [3.63, 3.8) is 0 Å². The van der Waals surface area contributed by atoms with Gasteiger partial charge in [0.25, 0.3) is 0 Å². The van der Waals surface area contributed by atoms with Crippen LogP contribution in [-0.2, 0) is 9.59 Å². The van der Waals surface area contributed by atoms with E-state index in [1.54, 1.807) is 19.9 Å². The second kappa shape index (κ2) is 6.67. The molecule has 0 aliphatic heterocycles. The molecule has 132 valence electrons. The summed E-state index contributed by atoms with van der Waals surface area (Å²) in [5, 5.41) is 20.3. The highest BCUT2D eigenvalue weighted by Gasteiger charge is 2.41. The summed E-state index contributed by atoms with van der Waals surface area (Å²) in [5.74, 6) is -0.761. The molecule has 0 unspecified atom stereocenters. The van der Waals surface area contributed by atoms with Gasteiger partial charge in [0.15, 0.2) is 0 Å². The van der Waals surface area contributed by atoms with Gasteiger partial charge in [0.1, 0.15) is 5.76 Å². The van der Waals surface area contributed by atoms with Crippen molar-refractivity contribution in [2.75, 3.05) is 0 Å². The van der Waals surface area contributed by atoms with Crippen molar-refractivity contribution in [1.82, 2.24) is 0 Å². The zero-order chi connectivity index (χ0) is 18.2. The second-order valence-electron chi connectivity index (χ2n) is 7.81. The predicted molar refractivity (Wildman–Crippen MR) is 93.5 cm³/mol. The number of Topliss-reactive ketones (excluding diaryl/α,β-unsaturated/α-hetero) is 2. The smallest absolute Gasteiger partial charge is 0.232 e. The lowest BCUT2D eigenvalue weighted by atomic mass is 9.67. The van der Waals surface area contributed by atoms with Gasteiger partial charge in [-0.2, -0.15) is 0 Å². The fraction of sp³-hybridized carbons (Fsp3) is 0.600. The van der Waals surface area contributed by atoms with Gasteiger partial charge in [-0.3, -0.25) is 9.59 Å². The Morgan fingerprint density at radius 1 is 1.21 bits per heavy atom. The largest absolute Gasteiger partial charge is 0.507 e. The average Bonchev–Trinajstić information content (AvgIpc) is 2.49. The van der Waals surface area contributed by atoms with Crippen molar-refractivity contribution < 1.29 is 19.8 Å². The molecule has 4 nitrogen and oxygen atoms in total. The molecule has 0 saturated heterocycles. The second-order valence-corrected chi connectivity index (χ2v) is 7.81. The van der Waals surface area contributed by atoms with Gasteiger partial charge in [0.2, 0.25) is 11.6 Å². The number of allylic oxidation sites excluding steroid dienone is 4. The zero-order valence-corrected chi connectivity index (χ0v) is 15.2. The van der Waals surface area contributed by atoms with Crippen LogP contribution in [0.4, 0.5) is 0 Å². The Bertz CT molecular complexity index is 643. The molecule has 0 bridgehead atoms. The summed E-state index contributed by atoms with van der Waals surface area (Å²) in [7, 11) is 0. The third-order valence-electron chi connectivity index (χ3n) is 5.19. The molecule has 0 radical (unpaired) electrons. The van der Waals surface area contributed by atoms with E-state index in [4.69, 9.17) is 0 Å². The number of carbonyl (C=O) groups is 2. The lowest BCUT2D eigenvalue weighted by Gasteiger charge is -2.37. The average molecular weight is 332 g/mol. The van der Waals surface area contributed by atoms with Gasteiger partial charge < -0.3 is 10.2 Å². The monoisotopic (exact) mass is 332 g/mol. The van der Waals surface area contributed by atoms with Crippen molar-refractivity contribution >= 4 is 11.6 Å². The van der Waals surface area contributed by atoms with E-state index in [1.165, 1.54) is 6.92 Å². The summed E-state index contributed by atoms with van der Waals surface area (Å²) in [4.78, 5) is 24.5. The van der Waals surface area contributed by atoms with Crippen molar-refractivity contribution in [2.45, 2.75) is 59.5 Å². The van der Waals surface area contributed by atoms with E-state index in [-0.39, 0.29) is 29.1 Å². The summed E-state index contributed by atoms with van der Waals surface area (Å²) in [6.07, 6.45) is 6.19. The summed E-state index contributed by atoms with van der Waals surface area (Å²) >= 11 is 0. The number of hydrogen-bond acceptors (Lipinski definition) is 4. The molecule has 2 aliphatic carbocycles. The maximum Gasteiger partial charge on any atom is 0.232 e. The van der Waals surface area contributed by atoms with Crippen molar-refractivity contribution in [3.05, 3.63) is 34.6 Å². The molecule has 2 rings (SSSR count). The van der Waals surface area contributed by atoms with Gasteiger partial charge in [-0.05, 0) is 57.8 Å². The highest BCUT2D eigenvalue weighted by Crippen LogP contribution is 2.45. The minimum Gasteiger partial charge on any atom is -0.507 e. The Kier molecular flexibility index (Phi) is 5.19. The number of carbonyl (C=O) groups excluding carboxylic acids is 2. The van der Waals surface area contributed by atoms with Crippen LogP contribution in [0.3, 0.4) is 0 Å². The normalized spacial score (nSPS) is 27.1. The first-order chi connectivity index (χ1) is 11.0. The lowest BCUT2D eigenvalue weighted by molar-refractivity contribution is -0.133. The Labute approximate surface area is 144 Å². The van der Waals surface area contributed by atoms with Crippen LogP contribution in [0, 0.1) is 17.8 Å². The van der Waals surface area contributed by atoms with E-state index in [0.717, 1.165) is 19.3 Å². The van der Waals surface area contributed by atoms with Crippen LogP contribution in [0.25, 0.3) is 0 Å². The molecule has 0 spiro atoms. The van der Waals surface area contributed by atoms with Gasteiger partial charge in [-0.15, -0.1) is 0 Å². The van der Waals surface area contributed by atoms with Crippen LogP contribution in [0.2, 0.25) is 0 Å². The van der Waals surface area contributed by atoms with Crippen LogP contribution in [0.1, 0.15) is 53.9 Å². The molecule has 2 aliphatic rings. The van der Waals surface area contributed by atoms with E-state index in [2.05, 4.69) is 6.92 Å². The Morgan fingerprint density at radius 2 is 1.83 bits per heavy atom. The molecule has 0 aromatic carbocycles. The van der Waals surface area contributed by atoms with Crippen molar-refractivity contribution in [3.8, 4) is 0 Å². The Hall–Kier alpha value is -1.68. The van der Waals surface area contributed by atoms with Gasteiger partial charge in [0.05, 0.1) is 5.60 Å². The molecule has 0 fully saturated rings. The maximum absolute atomic E-state index is 12.4. The Morgan fingerprint density at radius 3 is 2.42 bits per heavy atom. The lowest BCUT2D eigenvalue weighted by Crippen LogP contribution is -2.35. The molecule has 4 heteroatoms. The molecule has 24 heavy (non-hydrogen) atoms. The van der Waals surface area contributed by atoms with Gasteiger partial charge >= 0.3 is 0 Å². The first kappa shape index (κ1) is 18.7. The van der Waals surface area contributed by atoms with Crippen molar-refractivity contribution in [1.29, 1.82) is 0 Å². The SMILES string of the molecule is CC1=C(O)C2=C(C(=O)C1=O)[C@@H](C)CC[C@@H]2[C@@H](C)C/C=C/C(C)(C)O. The summed E-state index contributed by atoms with van der Waals surface area (Å²) in [6.45, 7) is 9.00. The minimum absolute atomic E-state index is 0.00191. The molecular formula is C20H28O4. The van der Waals surface area contributed by atoms with Crippen LogP contribution < -0.4 is 0 Å². The van der Waals surface area contributed by atoms with Gasteiger partial charge in [-0.1, -0.05) is 26.0 Å². The molecule has 3 atom stereocenters. The highest BCUT2D eigenvalue weighted by atomic mass is 16.3. The highest BCUT2D eigenvalue weighted by molar-refractivity contribution is 6.50. The van der Waals surface area contributed by atoms with Crippen LogP contribution in [0.15, 0.2) is 34.6 Å². The van der Waals surface area contributed by atoms with E-state index in [0.29, 0.717) is 11.1 Å². The first-order valence-corrected chi connectivity index (χ1v) is 8.68.